The van der Waals surface area contributed by atoms with Crippen molar-refractivity contribution >= 4 is 27.5 Å². The van der Waals surface area contributed by atoms with E-state index in [9.17, 15) is 4.79 Å². The van der Waals surface area contributed by atoms with Gasteiger partial charge in [-0.15, -0.1) is 0 Å². The van der Waals surface area contributed by atoms with Gasteiger partial charge in [-0.3, -0.25) is 4.79 Å². The van der Waals surface area contributed by atoms with E-state index in [2.05, 4.69) is 4.99 Å². The maximum Gasteiger partial charge on any atom is 0.253 e. The third kappa shape index (κ3) is 2.55. The molecule has 3 rings (SSSR count). The number of carbonyl (C=O) groups is 1. The molecule has 0 unspecified atom stereocenters. The van der Waals surface area contributed by atoms with Crippen LogP contribution in [0.5, 0.6) is 11.5 Å². The first kappa shape index (κ1) is 14.1. The molecule has 0 saturated heterocycles. The summed E-state index contributed by atoms with van der Waals surface area (Å²) in [5, 5.41) is 0. The molecule has 1 aliphatic heterocycles. The van der Waals surface area contributed by atoms with Crippen LogP contribution in [0.25, 0.3) is 10.2 Å². The second kappa shape index (κ2) is 4.87. The molecule has 2 heterocycles. The van der Waals surface area contributed by atoms with Crippen molar-refractivity contribution in [3.8, 4) is 11.5 Å². The number of nitrogens with zero attached hydrogens (tertiary/aromatic N) is 2. The molecule has 0 N–H and O–H groups in total. The van der Waals surface area contributed by atoms with Crippen LogP contribution in [-0.4, -0.2) is 23.7 Å². The monoisotopic (exact) mass is 306 g/mol. The maximum atomic E-state index is 12.1. The van der Waals surface area contributed by atoms with Gasteiger partial charge in [-0.1, -0.05) is 32.1 Å². The summed E-state index contributed by atoms with van der Waals surface area (Å²) in [6.45, 7) is 6.73. The van der Waals surface area contributed by atoms with Crippen LogP contribution in [0.4, 0.5) is 0 Å². The number of benzene rings is 1. The number of hydrogen-bond donors (Lipinski definition) is 0. The lowest BCUT2D eigenvalue weighted by molar-refractivity contribution is -0.125. The van der Waals surface area contributed by atoms with Crippen LogP contribution in [-0.2, 0) is 11.8 Å². The summed E-state index contributed by atoms with van der Waals surface area (Å²) in [5.41, 5.74) is 0.513. The van der Waals surface area contributed by atoms with Gasteiger partial charge in [0.1, 0.15) is 13.2 Å². The third-order valence-electron chi connectivity index (χ3n) is 3.31. The first-order valence-electron chi connectivity index (χ1n) is 6.84. The van der Waals surface area contributed by atoms with E-state index >= 15 is 0 Å². The van der Waals surface area contributed by atoms with Crippen molar-refractivity contribution < 1.29 is 14.3 Å². The van der Waals surface area contributed by atoms with E-state index in [1.54, 1.807) is 0 Å². The molecule has 5 nitrogen and oxygen atoms in total. The Morgan fingerprint density at radius 1 is 1.24 bits per heavy atom. The van der Waals surface area contributed by atoms with Crippen LogP contribution in [0.1, 0.15) is 20.8 Å². The highest BCUT2D eigenvalue weighted by Crippen LogP contribution is 2.35. The van der Waals surface area contributed by atoms with Crippen molar-refractivity contribution in [1.82, 2.24) is 4.57 Å². The molecule has 1 aromatic carbocycles. The van der Waals surface area contributed by atoms with Crippen molar-refractivity contribution in [2.75, 3.05) is 13.2 Å². The summed E-state index contributed by atoms with van der Waals surface area (Å²) in [6, 6.07) is 3.90. The number of aromatic nitrogens is 1. The Hall–Kier alpha value is -1.82. The minimum atomic E-state index is -0.478. The molecule has 0 fully saturated rings. The molecule has 112 valence electrons. The van der Waals surface area contributed by atoms with E-state index in [1.807, 2.05) is 44.5 Å². The van der Waals surface area contributed by atoms with Crippen LogP contribution in [0, 0.1) is 5.41 Å². The summed E-state index contributed by atoms with van der Waals surface area (Å²) >= 11 is 1.48. The smallest absolute Gasteiger partial charge is 0.253 e. The number of hydrogen-bond acceptors (Lipinski definition) is 4. The van der Waals surface area contributed by atoms with Crippen molar-refractivity contribution in [3.63, 3.8) is 0 Å². The Morgan fingerprint density at radius 2 is 1.86 bits per heavy atom. The molecule has 0 atom stereocenters. The largest absolute Gasteiger partial charge is 0.486 e. The molecule has 0 spiro atoms. The molecular formula is C15H18N2O3S. The second-order valence-corrected chi connectivity index (χ2v) is 7.08. The summed E-state index contributed by atoms with van der Waals surface area (Å²) in [7, 11) is 1.91. The van der Waals surface area contributed by atoms with Gasteiger partial charge in [0.15, 0.2) is 16.3 Å². The quantitative estimate of drug-likeness (QED) is 0.751. The zero-order chi connectivity index (χ0) is 15.2. The Morgan fingerprint density at radius 3 is 2.48 bits per heavy atom. The van der Waals surface area contributed by atoms with Crippen LogP contribution < -0.4 is 14.3 Å². The molecule has 1 aliphatic rings. The van der Waals surface area contributed by atoms with E-state index in [1.165, 1.54) is 11.3 Å². The van der Waals surface area contributed by atoms with E-state index < -0.39 is 5.41 Å². The minimum absolute atomic E-state index is 0.123. The lowest BCUT2D eigenvalue weighted by Crippen LogP contribution is -2.22. The van der Waals surface area contributed by atoms with Gasteiger partial charge in [0.05, 0.1) is 10.2 Å². The maximum absolute atomic E-state index is 12.1. The molecule has 6 heteroatoms. The fraction of sp³-hybridized carbons (Fsp3) is 0.467. The van der Waals surface area contributed by atoms with Crippen molar-refractivity contribution in [3.05, 3.63) is 16.9 Å². The second-order valence-electron chi connectivity index (χ2n) is 6.07. The van der Waals surface area contributed by atoms with Crippen LogP contribution >= 0.6 is 11.3 Å². The highest BCUT2D eigenvalue weighted by molar-refractivity contribution is 7.16. The molecular weight excluding hydrogens is 288 g/mol. The Labute approximate surface area is 126 Å². The van der Waals surface area contributed by atoms with Gasteiger partial charge in [0.2, 0.25) is 0 Å². The predicted molar refractivity (Wildman–Crippen MR) is 81.8 cm³/mol. The number of ether oxygens (including phenoxy) is 2. The number of aryl methyl sites for hydroxylation is 1. The van der Waals surface area contributed by atoms with E-state index in [0.717, 1.165) is 21.7 Å². The number of amides is 1. The van der Waals surface area contributed by atoms with Crippen LogP contribution in [0.2, 0.25) is 0 Å². The fourth-order valence-corrected chi connectivity index (χ4v) is 3.05. The van der Waals surface area contributed by atoms with E-state index in [0.29, 0.717) is 18.0 Å². The highest BCUT2D eigenvalue weighted by Gasteiger charge is 2.21. The van der Waals surface area contributed by atoms with Crippen molar-refractivity contribution in [2.45, 2.75) is 20.8 Å². The highest BCUT2D eigenvalue weighted by atomic mass is 32.1. The average molecular weight is 306 g/mol. The van der Waals surface area contributed by atoms with E-state index in [-0.39, 0.29) is 5.91 Å². The molecule has 2 aromatic rings. The Bertz CT molecular complexity index is 781. The topological polar surface area (TPSA) is 52.8 Å². The van der Waals surface area contributed by atoms with Gasteiger partial charge < -0.3 is 14.0 Å². The summed E-state index contributed by atoms with van der Waals surface area (Å²) in [6.07, 6.45) is 0. The van der Waals surface area contributed by atoms with Crippen molar-refractivity contribution in [1.29, 1.82) is 0 Å². The van der Waals surface area contributed by atoms with Gasteiger partial charge in [0, 0.05) is 24.6 Å². The zero-order valence-electron chi connectivity index (χ0n) is 12.6. The molecule has 1 aromatic heterocycles. The number of rotatable bonds is 0. The summed E-state index contributed by atoms with van der Waals surface area (Å²) in [5.74, 6) is 1.38. The molecule has 1 amide bonds. The van der Waals surface area contributed by atoms with E-state index in [4.69, 9.17) is 9.47 Å². The standard InChI is InChI=1S/C15H18N2O3S/c1-15(2,3)13(18)16-14-17(4)9-7-10-11(8-12(9)21-14)20-6-5-19-10/h7-8H,5-6H2,1-4H3. The number of thiazole rings is 1. The Kier molecular flexibility index (Phi) is 3.28. The van der Waals surface area contributed by atoms with Crippen LogP contribution in [0.3, 0.4) is 0 Å². The number of carbonyl (C=O) groups excluding carboxylic acids is 1. The first-order valence-corrected chi connectivity index (χ1v) is 7.66. The van der Waals surface area contributed by atoms with Crippen molar-refractivity contribution in [2.24, 2.45) is 17.5 Å². The Balaban J connectivity index is 2.16. The SMILES string of the molecule is Cn1c(=NC(=O)C(C)(C)C)sc2cc3c(cc21)OCCO3. The molecule has 21 heavy (non-hydrogen) atoms. The van der Waals surface area contributed by atoms with Gasteiger partial charge in [-0.25, -0.2) is 0 Å². The summed E-state index contributed by atoms with van der Waals surface area (Å²) in [4.78, 5) is 17.0. The minimum Gasteiger partial charge on any atom is -0.486 e. The lowest BCUT2D eigenvalue weighted by Gasteiger charge is -2.18. The van der Waals surface area contributed by atoms with Gasteiger partial charge in [-0.2, -0.15) is 4.99 Å². The predicted octanol–water partition coefficient (Wildman–Crippen LogP) is 2.48. The molecule has 0 aliphatic carbocycles. The van der Waals surface area contributed by atoms with Gasteiger partial charge in [0.25, 0.3) is 5.91 Å². The molecule has 0 saturated carbocycles. The average Bonchev–Trinajstić information content (AvgIpc) is 2.72. The zero-order valence-corrected chi connectivity index (χ0v) is 13.4. The fourth-order valence-electron chi connectivity index (χ4n) is 2.03. The molecule has 0 radical (unpaired) electrons. The lowest BCUT2D eigenvalue weighted by atomic mass is 9.96. The molecule has 0 bridgehead atoms. The van der Waals surface area contributed by atoms with Gasteiger partial charge in [-0.05, 0) is 0 Å². The van der Waals surface area contributed by atoms with Crippen LogP contribution in [0.15, 0.2) is 17.1 Å². The number of fused-ring (bicyclic) bond motifs is 2. The normalized spacial score (nSPS) is 15.5. The van der Waals surface area contributed by atoms with Gasteiger partial charge >= 0.3 is 0 Å². The third-order valence-corrected chi connectivity index (χ3v) is 4.41. The summed E-state index contributed by atoms with van der Waals surface area (Å²) < 4.78 is 14.1. The first-order chi connectivity index (χ1) is 9.86.